The predicted octanol–water partition coefficient (Wildman–Crippen LogP) is 2.85. The number of hydrogen-bond acceptors (Lipinski definition) is 2. The molecule has 0 fully saturated rings. The van der Waals surface area contributed by atoms with E-state index in [4.69, 9.17) is 0 Å². The summed E-state index contributed by atoms with van der Waals surface area (Å²) >= 11 is 3.46. The van der Waals surface area contributed by atoms with Crippen molar-refractivity contribution in [3.63, 3.8) is 0 Å². The molecule has 0 aliphatic heterocycles. The molecule has 2 rings (SSSR count). The van der Waals surface area contributed by atoms with Gasteiger partial charge in [0.05, 0.1) is 5.69 Å². The van der Waals surface area contributed by atoms with Crippen molar-refractivity contribution >= 4 is 21.7 Å². The lowest BCUT2D eigenvalue weighted by Gasteiger charge is -2.04. The lowest BCUT2D eigenvalue weighted by atomic mass is 10.1. The first-order chi connectivity index (χ1) is 8.56. The first-order valence-electron chi connectivity index (χ1n) is 5.81. The van der Waals surface area contributed by atoms with E-state index in [1.807, 2.05) is 44.3 Å². The third-order valence-electron chi connectivity index (χ3n) is 2.82. The smallest absolute Gasteiger partial charge is 0.143 e. The molecule has 18 heavy (non-hydrogen) atoms. The first kappa shape index (κ1) is 13.0. The molecule has 1 heterocycles. The van der Waals surface area contributed by atoms with Gasteiger partial charge in [0.2, 0.25) is 0 Å². The number of carbonyl (C=O) groups is 1. The Morgan fingerprint density at radius 1 is 1.33 bits per heavy atom. The fourth-order valence-corrected chi connectivity index (χ4v) is 2.37. The minimum Gasteiger partial charge on any atom is -0.299 e. The zero-order chi connectivity index (χ0) is 13.1. The fraction of sp³-hybridized carbons (Fsp3) is 0.286. The summed E-state index contributed by atoms with van der Waals surface area (Å²) < 4.78 is 2.76. The van der Waals surface area contributed by atoms with Crippen LogP contribution in [0.5, 0.6) is 0 Å². The average molecular weight is 307 g/mol. The lowest BCUT2D eigenvalue weighted by Crippen LogP contribution is -2.10. The molecule has 94 valence electrons. The predicted molar refractivity (Wildman–Crippen MR) is 74.5 cm³/mol. The van der Waals surface area contributed by atoms with Crippen molar-refractivity contribution in [2.75, 3.05) is 0 Å². The SMILES string of the molecule is Cc1cc(CC(=O)Cc2ccccc2Br)n(C)n1. The maximum absolute atomic E-state index is 12.0. The minimum atomic E-state index is 0.199. The highest BCUT2D eigenvalue weighted by atomic mass is 79.9. The van der Waals surface area contributed by atoms with Crippen LogP contribution in [-0.4, -0.2) is 15.6 Å². The third-order valence-corrected chi connectivity index (χ3v) is 3.60. The van der Waals surface area contributed by atoms with E-state index in [2.05, 4.69) is 21.0 Å². The molecule has 0 N–H and O–H groups in total. The Morgan fingerprint density at radius 2 is 2.06 bits per heavy atom. The Hall–Kier alpha value is -1.42. The zero-order valence-corrected chi connectivity index (χ0v) is 12.1. The van der Waals surface area contributed by atoms with E-state index in [0.29, 0.717) is 12.8 Å². The van der Waals surface area contributed by atoms with Crippen molar-refractivity contribution in [3.8, 4) is 0 Å². The number of halogens is 1. The zero-order valence-electron chi connectivity index (χ0n) is 10.5. The van der Waals surface area contributed by atoms with Crippen LogP contribution in [0.2, 0.25) is 0 Å². The fourth-order valence-electron chi connectivity index (χ4n) is 1.95. The van der Waals surface area contributed by atoms with Crippen LogP contribution in [0.15, 0.2) is 34.8 Å². The number of hydrogen-bond donors (Lipinski definition) is 0. The van der Waals surface area contributed by atoms with Crippen molar-refractivity contribution in [1.82, 2.24) is 9.78 Å². The van der Waals surface area contributed by atoms with Crippen molar-refractivity contribution in [1.29, 1.82) is 0 Å². The highest BCUT2D eigenvalue weighted by Crippen LogP contribution is 2.17. The molecule has 3 nitrogen and oxygen atoms in total. The summed E-state index contributed by atoms with van der Waals surface area (Å²) in [5, 5.41) is 4.24. The number of carbonyl (C=O) groups excluding carboxylic acids is 1. The molecular weight excluding hydrogens is 292 g/mol. The van der Waals surface area contributed by atoms with E-state index < -0.39 is 0 Å². The van der Waals surface area contributed by atoms with Gasteiger partial charge in [-0.15, -0.1) is 0 Å². The summed E-state index contributed by atoms with van der Waals surface area (Å²) in [4.78, 5) is 12.0. The largest absolute Gasteiger partial charge is 0.299 e. The van der Waals surface area contributed by atoms with Gasteiger partial charge in [-0.05, 0) is 24.6 Å². The van der Waals surface area contributed by atoms with Gasteiger partial charge in [0.25, 0.3) is 0 Å². The van der Waals surface area contributed by atoms with Crippen molar-refractivity contribution in [2.24, 2.45) is 7.05 Å². The second kappa shape index (κ2) is 5.48. The third kappa shape index (κ3) is 3.07. The number of nitrogens with zero attached hydrogens (tertiary/aromatic N) is 2. The van der Waals surface area contributed by atoms with Crippen LogP contribution >= 0.6 is 15.9 Å². The molecule has 4 heteroatoms. The first-order valence-corrected chi connectivity index (χ1v) is 6.60. The number of aryl methyl sites for hydroxylation is 2. The second-order valence-corrected chi connectivity index (χ2v) is 5.24. The number of benzene rings is 1. The molecule has 0 amide bonds. The molecule has 0 atom stereocenters. The molecule has 0 aliphatic rings. The van der Waals surface area contributed by atoms with Crippen molar-refractivity contribution in [3.05, 3.63) is 51.8 Å². The Labute approximate surface area is 115 Å². The molecule has 0 spiro atoms. The number of ketones is 1. The highest BCUT2D eigenvalue weighted by molar-refractivity contribution is 9.10. The molecule has 1 aromatic heterocycles. The molecule has 0 aliphatic carbocycles. The number of aromatic nitrogens is 2. The summed E-state index contributed by atoms with van der Waals surface area (Å²) in [5.74, 6) is 0.199. The van der Waals surface area contributed by atoms with E-state index in [0.717, 1.165) is 21.4 Å². The molecule has 0 unspecified atom stereocenters. The minimum absolute atomic E-state index is 0.199. The molecule has 0 saturated heterocycles. The van der Waals surface area contributed by atoms with Gasteiger partial charge in [0, 0.05) is 30.1 Å². The van der Waals surface area contributed by atoms with Gasteiger partial charge in [0.1, 0.15) is 5.78 Å². The maximum atomic E-state index is 12.0. The molecule has 1 aromatic carbocycles. The molecule has 0 saturated carbocycles. The van der Waals surface area contributed by atoms with Gasteiger partial charge in [-0.3, -0.25) is 9.48 Å². The lowest BCUT2D eigenvalue weighted by molar-refractivity contribution is -0.117. The van der Waals surface area contributed by atoms with E-state index in [-0.39, 0.29) is 5.78 Å². The average Bonchev–Trinajstić information content (AvgIpc) is 2.61. The van der Waals surface area contributed by atoms with E-state index in [1.165, 1.54) is 0 Å². The van der Waals surface area contributed by atoms with E-state index in [1.54, 1.807) is 4.68 Å². The topological polar surface area (TPSA) is 34.9 Å². The number of Topliss-reactive ketones (excluding diaryl/α,β-unsaturated/α-hetero) is 1. The van der Waals surface area contributed by atoms with Crippen molar-refractivity contribution in [2.45, 2.75) is 19.8 Å². The van der Waals surface area contributed by atoms with Crippen molar-refractivity contribution < 1.29 is 4.79 Å². The second-order valence-electron chi connectivity index (χ2n) is 4.38. The van der Waals surface area contributed by atoms with Gasteiger partial charge < -0.3 is 0 Å². The summed E-state index contributed by atoms with van der Waals surface area (Å²) in [6, 6.07) is 9.77. The Kier molecular flexibility index (Phi) is 3.97. The van der Waals surface area contributed by atoms with Crippen LogP contribution < -0.4 is 0 Å². The molecular formula is C14H15BrN2O. The monoisotopic (exact) mass is 306 g/mol. The van der Waals surface area contributed by atoms with E-state index in [9.17, 15) is 4.79 Å². The Balaban J connectivity index is 2.06. The molecule has 0 radical (unpaired) electrons. The Morgan fingerprint density at radius 3 is 2.67 bits per heavy atom. The van der Waals surface area contributed by atoms with Crippen LogP contribution in [0.1, 0.15) is 17.0 Å². The summed E-state index contributed by atoms with van der Waals surface area (Å²) in [6.07, 6.45) is 0.879. The highest BCUT2D eigenvalue weighted by Gasteiger charge is 2.10. The van der Waals surface area contributed by atoms with Gasteiger partial charge >= 0.3 is 0 Å². The summed E-state index contributed by atoms with van der Waals surface area (Å²) in [7, 11) is 1.87. The van der Waals surface area contributed by atoms with Gasteiger partial charge in [-0.25, -0.2) is 0 Å². The van der Waals surface area contributed by atoms with Gasteiger partial charge in [-0.1, -0.05) is 34.1 Å². The van der Waals surface area contributed by atoms with Crippen LogP contribution in [0, 0.1) is 6.92 Å². The van der Waals surface area contributed by atoms with Gasteiger partial charge in [-0.2, -0.15) is 5.10 Å². The standard InChI is InChI=1S/C14H15BrN2O/c1-10-7-12(17(2)16-10)9-13(18)8-11-5-3-4-6-14(11)15/h3-7H,8-9H2,1-2H3. The molecule has 0 bridgehead atoms. The summed E-state index contributed by atoms with van der Waals surface area (Å²) in [5.41, 5.74) is 2.94. The van der Waals surface area contributed by atoms with Crippen LogP contribution in [0.3, 0.4) is 0 Å². The van der Waals surface area contributed by atoms with E-state index >= 15 is 0 Å². The maximum Gasteiger partial charge on any atom is 0.143 e. The van der Waals surface area contributed by atoms with Gasteiger partial charge in [0.15, 0.2) is 0 Å². The quantitative estimate of drug-likeness (QED) is 0.870. The van der Waals surface area contributed by atoms with Crippen LogP contribution in [-0.2, 0) is 24.7 Å². The Bertz CT molecular complexity index is 575. The van der Waals surface area contributed by atoms with Crippen LogP contribution in [0.4, 0.5) is 0 Å². The normalized spacial score (nSPS) is 10.6. The molecule has 2 aromatic rings. The summed E-state index contributed by atoms with van der Waals surface area (Å²) in [6.45, 7) is 1.93. The van der Waals surface area contributed by atoms with Crippen LogP contribution in [0.25, 0.3) is 0 Å². The number of rotatable bonds is 4.